The molecule has 0 bridgehead atoms. The van der Waals surface area contributed by atoms with Crippen molar-refractivity contribution in [3.8, 4) is 23.0 Å². The Morgan fingerprint density at radius 1 is 0.750 bits per heavy atom. The van der Waals surface area contributed by atoms with Gasteiger partial charge in [0.2, 0.25) is 5.75 Å². The zero-order valence-corrected chi connectivity index (χ0v) is 27.6. The summed E-state index contributed by atoms with van der Waals surface area (Å²) in [6.07, 6.45) is 0. The summed E-state index contributed by atoms with van der Waals surface area (Å²) in [5, 5.41) is 11.1. The maximum atomic E-state index is 11.1. The molecule has 1 heterocycles. The van der Waals surface area contributed by atoms with E-state index in [2.05, 4.69) is 83.4 Å². The third-order valence-corrected chi connectivity index (χ3v) is 9.12. The number of ether oxygens (including phenoxy) is 3. The lowest BCUT2D eigenvalue weighted by Gasteiger charge is -2.39. The highest BCUT2D eigenvalue weighted by molar-refractivity contribution is 7.99. The van der Waals surface area contributed by atoms with Gasteiger partial charge in [0.25, 0.3) is 0 Å². The highest BCUT2D eigenvalue weighted by Gasteiger charge is 2.29. The van der Waals surface area contributed by atoms with Crippen molar-refractivity contribution in [1.29, 1.82) is 0 Å². The van der Waals surface area contributed by atoms with Gasteiger partial charge in [0.05, 0.1) is 21.3 Å². The van der Waals surface area contributed by atoms with Gasteiger partial charge < -0.3 is 24.2 Å². The number of hydrogen-bond donors (Lipinski definition) is 1. The predicted molar refractivity (Wildman–Crippen MR) is 168 cm³/mol. The van der Waals surface area contributed by atoms with Crippen LogP contribution in [0.3, 0.4) is 0 Å². The van der Waals surface area contributed by atoms with Gasteiger partial charge in [-0.3, -0.25) is 4.90 Å². The Bertz CT molecular complexity index is 1110. The molecule has 0 aliphatic carbocycles. The van der Waals surface area contributed by atoms with E-state index in [9.17, 15) is 5.11 Å². The summed E-state index contributed by atoms with van der Waals surface area (Å²) in [6.45, 7) is 23.8. The molecule has 1 aliphatic heterocycles. The lowest BCUT2D eigenvalue weighted by molar-refractivity contribution is 0.0989. The zero-order valence-electron chi connectivity index (χ0n) is 26.7. The highest BCUT2D eigenvalue weighted by atomic mass is 32.2. The molecule has 1 fully saturated rings. The van der Waals surface area contributed by atoms with Crippen LogP contribution in [0.5, 0.6) is 23.0 Å². The molecule has 1 N–H and O–H groups in total. The molecule has 1 saturated heterocycles. The second-order valence-electron chi connectivity index (χ2n) is 13.9. The average Bonchev–Trinajstić information content (AvgIpc) is 2.87. The quantitative estimate of drug-likeness (QED) is 0.309. The Hall–Kier alpha value is -2.09. The van der Waals surface area contributed by atoms with Gasteiger partial charge in [-0.1, -0.05) is 61.5 Å². The largest absolute Gasteiger partial charge is 0.507 e. The number of nitrogens with zero attached hydrogens (tertiary/aromatic N) is 2. The maximum Gasteiger partial charge on any atom is 0.203 e. The number of benzene rings is 2. The number of aromatic hydroxyl groups is 1. The standard InChI is InChI=1S/C33H52N2O4S/c1-31(2,3)25-18-24(19-26(28(25)36)32(4,5)6)40-22-33(7,8)21-35-16-14-34(15-17-35)20-23-12-13-27(37-9)30(39-11)29(23)38-10/h12-13,18-19,36H,14-17,20-22H2,1-11H3. The van der Waals surface area contributed by atoms with E-state index >= 15 is 0 Å². The van der Waals surface area contributed by atoms with Crippen LogP contribution in [0.1, 0.15) is 72.1 Å². The summed E-state index contributed by atoms with van der Waals surface area (Å²) in [5.74, 6) is 3.56. The number of thioether (sulfide) groups is 1. The van der Waals surface area contributed by atoms with E-state index < -0.39 is 0 Å². The molecule has 7 heteroatoms. The SMILES string of the molecule is COc1ccc(CN2CCN(CC(C)(C)CSc3cc(C(C)(C)C)c(O)c(C(C)(C)C)c3)CC2)c(OC)c1OC. The fourth-order valence-corrected chi connectivity index (χ4v) is 6.45. The molecule has 0 radical (unpaired) electrons. The fourth-order valence-electron chi connectivity index (χ4n) is 5.40. The number of hydrogen-bond acceptors (Lipinski definition) is 7. The van der Waals surface area contributed by atoms with Crippen molar-refractivity contribution in [2.45, 2.75) is 77.7 Å². The average molecular weight is 573 g/mol. The molecule has 6 nitrogen and oxygen atoms in total. The first-order valence-corrected chi connectivity index (χ1v) is 15.3. The van der Waals surface area contributed by atoms with Crippen molar-refractivity contribution < 1.29 is 19.3 Å². The number of phenols is 1. The van der Waals surface area contributed by atoms with Gasteiger partial charge in [-0.2, -0.15) is 0 Å². The van der Waals surface area contributed by atoms with Crippen molar-refractivity contribution in [3.63, 3.8) is 0 Å². The zero-order chi connectivity index (χ0) is 29.9. The lowest BCUT2D eigenvalue weighted by Crippen LogP contribution is -2.49. The van der Waals surface area contributed by atoms with Crippen LogP contribution in [0.4, 0.5) is 0 Å². The van der Waals surface area contributed by atoms with Gasteiger partial charge in [-0.15, -0.1) is 11.8 Å². The van der Waals surface area contributed by atoms with E-state index in [0.717, 1.165) is 67.5 Å². The smallest absolute Gasteiger partial charge is 0.203 e. The predicted octanol–water partition coefficient (Wildman–Crippen LogP) is 6.95. The molecular formula is C33H52N2O4S. The molecule has 1 aliphatic rings. The molecule has 0 aromatic heterocycles. The minimum absolute atomic E-state index is 0.114. The minimum Gasteiger partial charge on any atom is -0.507 e. The Morgan fingerprint density at radius 3 is 1.75 bits per heavy atom. The van der Waals surface area contributed by atoms with E-state index in [-0.39, 0.29) is 16.2 Å². The summed E-state index contributed by atoms with van der Waals surface area (Å²) >= 11 is 1.91. The molecule has 2 aromatic rings. The Balaban J connectivity index is 1.61. The van der Waals surface area contributed by atoms with Crippen molar-refractivity contribution in [2.24, 2.45) is 5.41 Å². The molecule has 0 amide bonds. The maximum absolute atomic E-state index is 11.1. The second kappa shape index (κ2) is 12.8. The van der Waals surface area contributed by atoms with Crippen LogP contribution in [0, 0.1) is 5.41 Å². The first kappa shape index (κ1) is 32.4. The van der Waals surface area contributed by atoms with Gasteiger partial charge in [0, 0.05) is 66.6 Å². The molecule has 224 valence electrons. The molecule has 2 aromatic carbocycles. The van der Waals surface area contributed by atoms with Crippen LogP contribution in [-0.4, -0.2) is 74.7 Å². The lowest BCUT2D eigenvalue weighted by atomic mass is 9.79. The van der Waals surface area contributed by atoms with Crippen LogP contribution in [0.25, 0.3) is 0 Å². The van der Waals surface area contributed by atoms with Crippen LogP contribution >= 0.6 is 11.8 Å². The van der Waals surface area contributed by atoms with Crippen molar-refractivity contribution in [2.75, 3.05) is 59.8 Å². The van der Waals surface area contributed by atoms with E-state index in [1.807, 2.05) is 17.8 Å². The van der Waals surface area contributed by atoms with E-state index in [4.69, 9.17) is 14.2 Å². The van der Waals surface area contributed by atoms with E-state index in [0.29, 0.717) is 17.2 Å². The van der Waals surface area contributed by atoms with Gasteiger partial charge in [0.1, 0.15) is 5.75 Å². The van der Waals surface area contributed by atoms with Crippen LogP contribution in [0.2, 0.25) is 0 Å². The first-order chi connectivity index (χ1) is 18.6. The first-order valence-electron chi connectivity index (χ1n) is 14.3. The topological polar surface area (TPSA) is 54.4 Å². The monoisotopic (exact) mass is 572 g/mol. The third kappa shape index (κ3) is 8.01. The van der Waals surface area contributed by atoms with E-state index in [1.54, 1.807) is 21.3 Å². The summed E-state index contributed by atoms with van der Waals surface area (Å²) in [5.41, 5.74) is 3.10. The number of phenolic OH excluding ortho intramolecular Hbond substituents is 1. The summed E-state index contributed by atoms with van der Waals surface area (Å²) < 4.78 is 16.7. The van der Waals surface area contributed by atoms with Gasteiger partial charge in [-0.25, -0.2) is 0 Å². The highest BCUT2D eigenvalue weighted by Crippen LogP contribution is 2.43. The normalized spacial score (nSPS) is 15.8. The molecular weight excluding hydrogens is 520 g/mol. The molecule has 0 atom stereocenters. The van der Waals surface area contributed by atoms with Crippen LogP contribution < -0.4 is 14.2 Å². The molecule has 0 spiro atoms. The van der Waals surface area contributed by atoms with Gasteiger partial charge >= 0.3 is 0 Å². The number of methoxy groups -OCH3 is 3. The number of rotatable bonds is 10. The van der Waals surface area contributed by atoms with Gasteiger partial charge in [-0.05, 0) is 34.4 Å². The Morgan fingerprint density at radius 2 is 1.27 bits per heavy atom. The van der Waals surface area contributed by atoms with Crippen molar-refractivity contribution >= 4 is 11.8 Å². The van der Waals surface area contributed by atoms with Crippen LogP contribution in [0.15, 0.2) is 29.2 Å². The van der Waals surface area contributed by atoms with Crippen LogP contribution in [-0.2, 0) is 17.4 Å². The molecule has 3 rings (SSSR count). The summed E-state index contributed by atoms with van der Waals surface area (Å²) in [4.78, 5) is 6.33. The third-order valence-electron chi connectivity index (χ3n) is 7.63. The summed E-state index contributed by atoms with van der Waals surface area (Å²) in [7, 11) is 4.98. The fraction of sp³-hybridized carbons (Fsp3) is 0.636. The molecule has 40 heavy (non-hydrogen) atoms. The number of piperazine rings is 1. The Labute approximate surface area is 247 Å². The molecule has 0 unspecified atom stereocenters. The Kier molecular flexibility index (Phi) is 10.4. The van der Waals surface area contributed by atoms with Gasteiger partial charge in [0.15, 0.2) is 11.5 Å². The van der Waals surface area contributed by atoms with Crippen molar-refractivity contribution in [1.82, 2.24) is 9.80 Å². The second-order valence-corrected chi connectivity index (χ2v) is 14.9. The van der Waals surface area contributed by atoms with E-state index in [1.165, 1.54) is 4.90 Å². The summed E-state index contributed by atoms with van der Waals surface area (Å²) in [6, 6.07) is 8.43. The van der Waals surface area contributed by atoms with Crippen molar-refractivity contribution in [3.05, 3.63) is 41.0 Å². The molecule has 0 saturated carbocycles. The minimum atomic E-state index is -0.114.